The van der Waals surface area contributed by atoms with Crippen LogP contribution in [0.25, 0.3) is 0 Å². The average molecular weight is 554 g/mol. The molecule has 41 heavy (non-hydrogen) atoms. The van der Waals surface area contributed by atoms with Crippen molar-refractivity contribution in [2.24, 2.45) is 11.7 Å². The van der Waals surface area contributed by atoms with Crippen LogP contribution < -0.4 is 5.73 Å². The molecule has 6 heteroatoms. The second-order valence-corrected chi connectivity index (χ2v) is 10.5. The van der Waals surface area contributed by atoms with Gasteiger partial charge in [0.1, 0.15) is 12.2 Å². The monoisotopic (exact) mass is 553 g/mol. The van der Waals surface area contributed by atoms with Crippen LogP contribution in [0.3, 0.4) is 0 Å². The molecule has 0 aliphatic heterocycles. The molecule has 3 N–H and O–H groups in total. The molecule has 6 atom stereocenters. The Bertz CT molecular complexity index is 1280. The van der Waals surface area contributed by atoms with Gasteiger partial charge in [0.25, 0.3) is 0 Å². The predicted molar refractivity (Wildman–Crippen MR) is 159 cm³/mol. The van der Waals surface area contributed by atoms with E-state index < -0.39 is 30.5 Å². The summed E-state index contributed by atoms with van der Waals surface area (Å²) in [5.74, 6) is -0.324. The number of nitrogens with two attached hydrogens (primary N) is 1. The number of hydrogen-bond acceptors (Lipinski definition) is 6. The topological polar surface area (TPSA) is 83.2 Å². The molecule has 1 aliphatic rings. The second kappa shape index (κ2) is 15.0. The van der Waals surface area contributed by atoms with Crippen LogP contribution in [-0.2, 0) is 45.4 Å². The zero-order valence-electron chi connectivity index (χ0n) is 23.2. The first-order valence-corrected chi connectivity index (χ1v) is 14.2. The van der Waals surface area contributed by atoms with Crippen LogP contribution in [0, 0.1) is 5.92 Å². The third kappa shape index (κ3) is 8.11. The van der Waals surface area contributed by atoms with Gasteiger partial charge in [0.15, 0.2) is 0 Å². The maximum Gasteiger partial charge on any atom is 0.114 e. The standard InChI is InChI=1S/C35H39NO5/c36-31-30(25-38-21-26-13-5-1-6-14-26)33(39-22-27-15-7-2-8-16-27)35(41-24-29-19-11-4-12-20-29)34(32(31)37)40-23-28-17-9-3-10-18-28/h1-20,30-35,37H,21-25,36H2/t30-,31-,32+,33+,34-,35-/m0/s1. The molecule has 1 saturated carbocycles. The normalized spacial score (nSPS) is 24.2. The van der Waals surface area contributed by atoms with E-state index >= 15 is 0 Å². The maximum atomic E-state index is 11.5. The quantitative estimate of drug-likeness (QED) is 0.235. The Labute approximate surface area is 242 Å². The van der Waals surface area contributed by atoms with Crippen molar-refractivity contribution in [3.8, 4) is 0 Å². The molecule has 0 bridgehead atoms. The molecular formula is C35H39NO5. The van der Waals surface area contributed by atoms with Crippen molar-refractivity contribution in [1.82, 2.24) is 0 Å². The summed E-state index contributed by atoms with van der Waals surface area (Å²) < 4.78 is 25.7. The lowest BCUT2D eigenvalue weighted by Crippen LogP contribution is -2.66. The van der Waals surface area contributed by atoms with Gasteiger partial charge in [0.05, 0.1) is 45.2 Å². The molecule has 0 spiro atoms. The Balaban J connectivity index is 1.39. The van der Waals surface area contributed by atoms with E-state index in [2.05, 4.69) is 0 Å². The highest BCUT2D eigenvalue weighted by molar-refractivity contribution is 5.17. The van der Waals surface area contributed by atoms with Crippen LogP contribution in [-0.4, -0.2) is 42.2 Å². The minimum Gasteiger partial charge on any atom is -0.389 e. The molecule has 0 radical (unpaired) electrons. The summed E-state index contributed by atoms with van der Waals surface area (Å²) in [7, 11) is 0. The van der Waals surface area contributed by atoms with Crippen LogP contribution in [0.2, 0.25) is 0 Å². The minimum absolute atomic E-state index is 0.309. The van der Waals surface area contributed by atoms with Crippen LogP contribution >= 0.6 is 0 Å². The number of aliphatic hydroxyl groups excluding tert-OH is 1. The molecule has 1 aliphatic carbocycles. The summed E-state index contributed by atoms with van der Waals surface area (Å²) in [4.78, 5) is 0. The van der Waals surface area contributed by atoms with Crippen molar-refractivity contribution in [1.29, 1.82) is 0 Å². The summed E-state index contributed by atoms with van der Waals surface area (Å²) in [6.45, 7) is 1.79. The lowest BCUT2D eigenvalue weighted by molar-refractivity contribution is -0.230. The van der Waals surface area contributed by atoms with Crippen LogP contribution in [0.5, 0.6) is 0 Å². The van der Waals surface area contributed by atoms with Gasteiger partial charge in [-0.1, -0.05) is 121 Å². The lowest BCUT2D eigenvalue weighted by Gasteiger charge is -2.48. The van der Waals surface area contributed by atoms with Crippen molar-refractivity contribution in [2.45, 2.75) is 56.9 Å². The van der Waals surface area contributed by atoms with Crippen LogP contribution in [0.15, 0.2) is 121 Å². The average Bonchev–Trinajstić information content (AvgIpc) is 3.03. The highest BCUT2D eigenvalue weighted by Gasteiger charge is 2.51. The highest BCUT2D eigenvalue weighted by Crippen LogP contribution is 2.34. The molecule has 4 aromatic carbocycles. The Morgan fingerprint density at radius 2 is 0.854 bits per heavy atom. The van der Waals surface area contributed by atoms with Crippen molar-refractivity contribution in [2.75, 3.05) is 6.61 Å². The van der Waals surface area contributed by atoms with E-state index in [1.807, 2.05) is 121 Å². The molecule has 0 amide bonds. The zero-order valence-corrected chi connectivity index (χ0v) is 23.2. The van der Waals surface area contributed by atoms with Crippen molar-refractivity contribution < 1.29 is 24.1 Å². The smallest absolute Gasteiger partial charge is 0.114 e. The summed E-state index contributed by atoms with van der Waals surface area (Å²) in [5, 5.41) is 11.5. The van der Waals surface area contributed by atoms with E-state index in [9.17, 15) is 5.11 Å². The molecule has 0 unspecified atom stereocenters. The zero-order chi connectivity index (χ0) is 28.3. The van der Waals surface area contributed by atoms with E-state index in [-0.39, 0.29) is 5.92 Å². The highest BCUT2D eigenvalue weighted by atomic mass is 16.6. The Kier molecular flexibility index (Phi) is 10.7. The van der Waals surface area contributed by atoms with Crippen molar-refractivity contribution in [3.05, 3.63) is 144 Å². The lowest BCUT2D eigenvalue weighted by atomic mass is 9.77. The van der Waals surface area contributed by atoms with E-state index in [1.54, 1.807) is 0 Å². The third-order valence-electron chi connectivity index (χ3n) is 7.57. The second-order valence-electron chi connectivity index (χ2n) is 10.5. The summed E-state index contributed by atoms with van der Waals surface area (Å²) in [6.07, 6.45) is -2.72. The first-order chi connectivity index (χ1) is 20.2. The van der Waals surface area contributed by atoms with Crippen LogP contribution in [0.1, 0.15) is 22.3 Å². The molecule has 0 saturated heterocycles. The molecule has 0 aromatic heterocycles. The largest absolute Gasteiger partial charge is 0.389 e. The number of aliphatic hydroxyl groups is 1. The first kappa shape index (κ1) is 29.1. The molecule has 5 rings (SSSR count). The van der Waals surface area contributed by atoms with Gasteiger partial charge < -0.3 is 29.8 Å². The van der Waals surface area contributed by atoms with E-state index in [1.165, 1.54) is 0 Å². The van der Waals surface area contributed by atoms with Gasteiger partial charge in [0.2, 0.25) is 0 Å². The van der Waals surface area contributed by atoms with E-state index in [0.29, 0.717) is 33.0 Å². The number of hydrogen-bond donors (Lipinski definition) is 2. The SMILES string of the molecule is N[C@@H]1[C@@H](O)[C@H](OCc2ccccc2)[C@@H](OCc2ccccc2)[C@H](OCc2ccccc2)[C@H]1COCc1ccccc1. The molecule has 214 valence electrons. The third-order valence-corrected chi connectivity index (χ3v) is 7.57. The fraction of sp³-hybridized carbons (Fsp3) is 0.314. The van der Waals surface area contributed by atoms with Gasteiger partial charge in [-0.2, -0.15) is 0 Å². The minimum atomic E-state index is -0.971. The number of ether oxygens (including phenoxy) is 4. The molecule has 1 fully saturated rings. The van der Waals surface area contributed by atoms with Crippen LogP contribution in [0.4, 0.5) is 0 Å². The Morgan fingerprint density at radius 3 is 1.29 bits per heavy atom. The molecule has 0 heterocycles. The Hall–Kier alpha value is -3.36. The summed E-state index contributed by atoms with van der Waals surface area (Å²) >= 11 is 0. The van der Waals surface area contributed by atoms with Gasteiger partial charge in [-0.15, -0.1) is 0 Å². The van der Waals surface area contributed by atoms with E-state index in [0.717, 1.165) is 22.3 Å². The van der Waals surface area contributed by atoms with E-state index in [4.69, 9.17) is 24.7 Å². The summed E-state index contributed by atoms with van der Waals surface area (Å²) in [6, 6.07) is 39.3. The first-order valence-electron chi connectivity index (χ1n) is 14.2. The van der Waals surface area contributed by atoms with Gasteiger partial charge in [-0.25, -0.2) is 0 Å². The van der Waals surface area contributed by atoms with Gasteiger partial charge >= 0.3 is 0 Å². The Morgan fingerprint density at radius 1 is 0.488 bits per heavy atom. The molecular weight excluding hydrogens is 514 g/mol. The molecule has 4 aromatic rings. The summed E-state index contributed by atoms with van der Waals surface area (Å²) in [5.41, 5.74) is 10.9. The number of benzene rings is 4. The number of rotatable bonds is 13. The van der Waals surface area contributed by atoms with Gasteiger partial charge in [-0.05, 0) is 22.3 Å². The van der Waals surface area contributed by atoms with Crippen molar-refractivity contribution >= 4 is 0 Å². The molecule has 6 nitrogen and oxygen atoms in total. The predicted octanol–water partition coefficient (Wildman–Crippen LogP) is 5.28. The van der Waals surface area contributed by atoms with Crippen molar-refractivity contribution in [3.63, 3.8) is 0 Å². The van der Waals surface area contributed by atoms with Gasteiger partial charge in [0, 0.05) is 12.0 Å². The fourth-order valence-corrected chi connectivity index (χ4v) is 5.31. The fourth-order valence-electron chi connectivity index (χ4n) is 5.31. The maximum absolute atomic E-state index is 11.5. The van der Waals surface area contributed by atoms with Gasteiger partial charge in [-0.3, -0.25) is 0 Å².